The van der Waals surface area contributed by atoms with Gasteiger partial charge in [0.25, 0.3) is 5.91 Å². The quantitative estimate of drug-likeness (QED) is 0.486. The number of ether oxygens (including phenoxy) is 1. The van der Waals surface area contributed by atoms with Gasteiger partial charge in [-0.15, -0.1) is 0 Å². The lowest BCUT2D eigenvalue weighted by Crippen LogP contribution is -2.22. The van der Waals surface area contributed by atoms with Gasteiger partial charge in [0.05, 0.1) is 0 Å². The van der Waals surface area contributed by atoms with Gasteiger partial charge in [0.1, 0.15) is 18.2 Å². The second-order valence-corrected chi connectivity index (χ2v) is 4.45. The third-order valence-electron chi connectivity index (χ3n) is 2.37. The van der Waals surface area contributed by atoms with E-state index in [0.29, 0.717) is 11.1 Å². The number of benzene rings is 1. The SMILES string of the molecule is CN(C)C(=O)C(C#N)=Cc1cccc(COC(=O)Cl)c1. The number of halogens is 1. The summed E-state index contributed by atoms with van der Waals surface area (Å²) in [6.45, 7) is 0.0352. The van der Waals surface area contributed by atoms with Gasteiger partial charge < -0.3 is 9.64 Å². The summed E-state index contributed by atoms with van der Waals surface area (Å²) in [4.78, 5) is 23.6. The van der Waals surface area contributed by atoms with Crippen LogP contribution in [-0.2, 0) is 16.1 Å². The molecule has 0 saturated heterocycles. The molecule has 0 aliphatic heterocycles. The van der Waals surface area contributed by atoms with E-state index in [-0.39, 0.29) is 18.1 Å². The lowest BCUT2D eigenvalue weighted by molar-refractivity contribution is -0.124. The highest BCUT2D eigenvalue weighted by molar-refractivity contribution is 6.61. The Morgan fingerprint density at radius 3 is 2.70 bits per heavy atom. The molecule has 5 nitrogen and oxygen atoms in total. The number of hydrogen-bond donors (Lipinski definition) is 0. The van der Waals surface area contributed by atoms with E-state index in [4.69, 9.17) is 16.9 Å². The van der Waals surface area contributed by atoms with Crippen LogP contribution in [0.2, 0.25) is 0 Å². The van der Waals surface area contributed by atoms with Crippen molar-refractivity contribution in [2.75, 3.05) is 14.1 Å². The molecule has 0 atom stereocenters. The summed E-state index contributed by atoms with van der Waals surface area (Å²) >= 11 is 5.08. The summed E-state index contributed by atoms with van der Waals surface area (Å²) in [5, 5.41) is 9.00. The second kappa shape index (κ2) is 7.31. The number of likely N-dealkylation sites (N-methyl/N-ethyl adjacent to an activating group) is 1. The first kappa shape index (κ1) is 15.7. The number of nitriles is 1. The van der Waals surface area contributed by atoms with E-state index in [0.717, 1.165) is 0 Å². The standard InChI is InChI=1S/C14H13ClN2O3/c1-17(2)13(18)12(8-16)7-10-4-3-5-11(6-10)9-20-14(15)19/h3-7H,9H2,1-2H3. The van der Waals surface area contributed by atoms with Crippen LogP contribution in [-0.4, -0.2) is 30.3 Å². The zero-order chi connectivity index (χ0) is 15.1. The van der Waals surface area contributed by atoms with E-state index in [1.807, 2.05) is 6.07 Å². The number of carbonyl (C=O) groups excluding carboxylic acids is 2. The molecule has 0 bridgehead atoms. The Morgan fingerprint density at radius 1 is 1.45 bits per heavy atom. The third-order valence-corrected chi connectivity index (χ3v) is 2.48. The van der Waals surface area contributed by atoms with Crippen LogP contribution in [0.5, 0.6) is 0 Å². The predicted octanol–water partition coefficient (Wildman–Crippen LogP) is 2.56. The Hall–Kier alpha value is -2.32. The Kier molecular flexibility index (Phi) is 5.75. The summed E-state index contributed by atoms with van der Waals surface area (Å²) in [6.07, 6.45) is 1.48. The van der Waals surface area contributed by atoms with Gasteiger partial charge in [0.2, 0.25) is 0 Å². The van der Waals surface area contributed by atoms with Crippen molar-refractivity contribution in [3.8, 4) is 6.07 Å². The predicted molar refractivity (Wildman–Crippen MR) is 74.8 cm³/mol. The summed E-state index contributed by atoms with van der Waals surface area (Å²) in [7, 11) is 3.15. The fraction of sp³-hybridized carbons (Fsp3) is 0.214. The maximum Gasteiger partial charge on any atom is 0.404 e. The molecular weight excluding hydrogens is 280 g/mol. The average molecular weight is 293 g/mol. The Bertz CT molecular complexity index is 588. The fourth-order valence-corrected chi connectivity index (χ4v) is 1.52. The molecule has 0 aliphatic carbocycles. The summed E-state index contributed by atoms with van der Waals surface area (Å²) < 4.78 is 4.67. The van der Waals surface area contributed by atoms with E-state index in [9.17, 15) is 9.59 Å². The summed E-state index contributed by atoms with van der Waals surface area (Å²) in [5.74, 6) is -0.370. The van der Waals surface area contributed by atoms with Gasteiger partial charge in [-0.25, -0.2) is 4.79 Å². The van der Waals surface area contributed by atoms with Crippen LogP contribution in [0.25, 0.3) is 6.08 Å². The van der Waals surface area contributed by atoms with Gasteiger partial charge in [-0.1, -0.05) is 18.2 Å². The van der Waals surface area contributed by atoms with Crippen LogP contribution in [0, 0.1) is 11.3 Å². The smallest absolute Gasteiger partial charge is 0.404 e. The van der Waals surface area contributed by atoms with Crippen LogP contribution in [0.15, 0.2) is 29.8 Å². The summed E-state index contributed by atoms with van der Waals surface area (Å²) in [5.41, 5.74) is 0.523. The highest BCUT2D eigenvalue weighted by atomic mass is 35.5. The van der Waals surface area contributed by atoms with E-state index >= 15 is 0 Å². The van der Waals surface area contributed by atoms with Crippen LogP contribution in [0.1, 0.15) is 11.1 Å². The van der Waals surface area contributed by atoms with E-state index < -0.39 is 5.43 Å². The highest BCUT2D eigenvalue weighted by Crippen LogP contribution is 2.12. The van der Waals surface area contributed by atoms with Crippen molar-refractivity contribution in [1.29, 1.82) is 5.26 Å². The lowest BCUT2D eigenvalue weighted by atomic mass is 10.1. The van der Waals surface area contributed by atoms with Gasteiger partial charge in [-0.2, -0.15) is 5.26 Å². The largest absolute Gasteiger partial charge is 0.449 e. The molecule has 6 heteroatoms. The van der Waals surface area contributed by atoms with Crippen molar-refractivity contribution in [2.45, 2.75) is 6.61 Å². The molecule has 0 heterocycles. The minimum atomic E-state index is -0.883. The number of carbonyl (C=O) groups is 2. The van der Waals surface area contributed by atoms with Crippen molar-refractivity contribution in [3.63, 3.8) is 0 Å². The molecule has 0 saturated carbocycles. The Labute approximate surface area is 122 Å². The molecule has 0 aliphatic rings. The van der Waals surface area contributed by atoms with Gasteiger partial charge in [0.15, 0.2) is 0 Å². The van der Waals surface area contributed by atoms with E-state index in [1.54, 1.807) is 38.4 Å². The first-order valence-corrected chi connectivity index (χ1v) is 6.06. The van der Waals surface area contributed by atoms with Crippen LogP contribution < -0.4 is 0 Å². The molecule has 0 radical (unpaired) electrons. The Morgan fingerprint density at radius 2 is 2.15 bits per heavy atom. The first-order valence-electron chi connectivity index (χ1n) is 5.68. The highest BCUT2D eigenvalue weighted by Gasteiger charge is 2.11. The third kappa shape index (κ3) is 4.75. The molecule has 104 valence electrons. The van der Waals surface area contributed by atoms with E-state index in [1.165, 1.54) is 11.0 Å². The van der Waals surface area contributed by atoms with E-state index in [2.05, 4.69) is 4.74 Å². The van der Waals surface area contributed by atoms with Crippen molar-refractivity contribution < 1.29 is 14.3 Å². The number of amides is 1. The molecule has 0 fully saturated rings. The van der Waals surface area contributed by atoms with Crippen molar-refractivity contribution in [1.82, 2.24) is 4.90 Å². The maximum atomic E-state index is 11.7. The molecule has 1 amide bonds. The molecule has 0 N–H and O–H groups in total. The lowest BCUT2D eigenvalue weighted by Gasteiger charge is -2.08. The van der Waals surface area contributed by atoms with Gasteiger partial charge >= 0.3 is 5.43 Å². The maximum absolute atomic E-state index is 11.7. The van der Waals surface area contributed by atoms with Crippen LogP contribution in [0.3, 0.4) is 0 Å². The Balaban J connectivity index is 2.96. The van der Waals surface area contributed by atoms with Crippen LogP contribution >= 0.6 is 11.6 Å². The van der Waals surface area contributed by atoms with Crippen LogP contribution in [0.4, 0.5) is 4.79 Å². The normalized spacial score (nSPS) is 10.6. The molecule has 20 heavy (non-hydrogen) atoms. The minimum Gasteiger partial charge on any atom is -0.449 e. The molecule has 0 spiro atoms. The molecule has 0 unspecified atom stereocenters. The zero-order valence-electron chi connectivity index (χ0n) is 11.1. The topological polar surface area (TPSA) is 70.4 Å². The minimum absolute atomic E-state index is 0.0292. The molecule has 0 aromatic heterocycles. The van der Waals surface area contributed by atoms with Crippen molar-refractivity contribution in [3.05, 3.63) is 41.0 Å². The molecular formula is C14H13ClN2O3. The molecule has 1 aromatic carbocycles. The molecule has 1 rings (SSSR count). The second-order valence-electron chi connectivity index (χ2n) is 4.14. The zero-order valence-corrected chi connectivity index (χ0v) is 11.8. The fourth-order valence-electron chi connectivity index (χ4n) is 1.46. The van der Waals surface area contributed by atoms with Gasteiger partial charge in [0, 0.05) is 25.7 Å². The van der Waals surface area contributed by atoms with Crippen molar-refractivity contribution >= 4 is 29.0 Å². The van der Waals surface area contributed by atoms with Crippen molar-refractivity contribution in [2.24, 2.45) is 0 Å². The van der Waals surface area contributed by atoms with Gasteiger partial charge in [-0.3, -0.25) is 4.79 Å². The number of nitrogens with zero attached hydrogens (tertiary/aromatic N) is 2. The number of rotatable bonds is 4. The average Bonchev–Trinajstić information content (AvgIpc) is 2.42. The van der Waals surface area contributed by atoms with Gasteiger partial charge in [-0.05, 0) is 23.3 Å². The first-order chi connectivity index (χ1) is 9.43. The number of hydrogen-bond acceptors (Lipinski definition) is 4. The summed E-state index contributed by atoms with van der Waals surface area (Å²) in [6, 6.07) is 8.80. The molecule has 1 aromatic rings. The monoisotopic (exact) mass is 292 g/mol.